The molecule has 4 nitrogen and oxygen atoms in total. The second kappa shape index (κ2) is 8.90. The number of hydrogen-bond donors (Lipinski definition) is 2. The lowest BCUT2D eigenvalue weighted by molar-refractivity contribution is -0.114. The van der Waals surface area contributed by atoms with Gasteiger partial charge in [0.2, 0.25) is 5.91 Å². The number of anilines is 2. The van der Waals surface area contributed by atoms with E-state index in [2.05, 4.69) is 29.7 Å². The molecule has 1 amide bonds. The van der Waals surface area contributed by atoms with Crippen LogP contribution in [0, 0.1) is 0 Å². The molecule has 0 fully saturated rings. The molecule has 3 aromatic rings. The average Bonchev–Trinajstić information content (AvgIpc) is 2.68. The highest BCUT2D eigenvalue weighted by molar-refractivity contribution is 5.95. The zero-order chi connectivity index (χ0) is 18.2. The molecule has 26 heavy (non-hydrogen) atoms. The Hall–Kier alpha value is -3.01. The van der Waals surface area contributed by atoms with Crippen LogP contribution in [-0.2, 0) is 4.79 Å². The summed E-state index contributed by atoms with van der Waals surface area (Å²) in [7, 11) is 0. The number of benzene rings is 3. The zero-order valence-corrected chi connectivity index (χ0v) is 15.0. The molecule has 0 atom stereocenters. The molecule has 3 aromatic carbocycles. The third kappa shape index (κ3) is 4.76. The first kappa shape index (κ1) is 17.8. The highest BCUT2D eigenvalue weighted by atomic mass is 16.5. The molecular weight excluding hydrogens is 324 g/mol. The molecule has 4 heteroatoms. The predicted molar refractivity (Wildman–Crippen MR) is 108 cm³/mol. The Labute approximate surface area is 154 Å². The first-order chi connectivity index (χ1) is 12.8. The third-order valence-corrected chi connectivity index (χ3v) is 4.12. The molecular formula is C22H24N2O2. The van der Waals surface area contributed by atoms with Gasteiger partial charge in [-0.3, -0.25) is 4.79 Å². The molecule has 134 valence electrons. The van der Waals surface area contributed by atoms with Crippen LogP contribution in [0.2, 0.25) is 0 Å². The van der Waals surface area contributed by atoms with Crippen molar-refractivity contribution in [1.29, 1.82) is 0 Å². The van der Waals surface area contributed by atoms with Crippen LogP contribution in [0.3, 0.4) is 0 Å². The van der Waals surface area contributed by atoms with Gasteiger partial charge >= 0.3 is 0 Å². The van der Waals surface area contributed by atoms with E-state index in [0.717, 1.165) is 23.9 Å². The van der Waals surface area contributed by atoms with Gasteiger partial charge in [-0.15, -0.1) is 0 Å². The molecule has 0 aliphatic carbocycles. The maximum absolute atomic E-state index is 12.3. The van der Waals surface area contributed by atoms with E-state index < -0.39 is 0 Å². The average molecular weight is 348 g/mol. The normalized spacial score (nSPS) is 10.5. The van der Waals surface area contributed by atoms with E-state index in [1.54, 1.807) is 0 Å². The van der Waals surface area contributed by atoms with Gasteiger partial charge in [0.15, 0.2) is 0 Å². The molecule has 2 N–H and O–H groups in total. The topological polar surface area (TPSA) is 50.4 Å². The number of ether oxygens (including phenoxy) is 1. The minimum absolute atomic E-state index is 0.107. The quantitative estimate of drug-likeness (QED) is 0.559. The van der Waals surface area contributed by atoms with E-state index in [1.807, 2.05) is 54.6 Å². The number of nitrogens with one attached hydrogen (secondary N) is 2. The van der Waals surface area contributed by atoms with Gasteiger partial charge in [-0.25, -0.2) is 0 Å². The Kier molecular flexibility index (Phi) is 6.09. The lowest BCUT2D eigenvalue weighted by Crippen LogP contribution is -2.22. The number of carbonyl (C=O) groups is 1. The maximum Gasteiger partial charge on any atom is 0.243 e. The summed E-state index contributed by atoms with van der Waals surface area (Å²) in [6, 6.07) is 21.8. The van der Waals surface area contributed by atoms with Crippen molar-refractivity contribution in [3.8, 4) is 5.75 Å². The van der Waals surface area contributed by atoms with Crippen LogP contribution in [0.4, 0.5) is 11.4 Å². The first-order valence-corrected chi connectivity index (χ1v) is 9.00. The number of carbonyl (C=O) groups excluding carboxylic acids is 1. The molecule has 0 saturated carbocycles. The van der Waals surface area contributed by atoms with Crippen LogP contribution >= 0.6 is 0 Å². The van der Waals surface area contributed by atoms with E-state index in [4.69, 9.17) is 4.74 Å². The Bertz CT molecular complexity index is 877. The van der Waals surface area contributed by atoms with E-state index in [0.29, 0.717) is 18.0 Å². The van der Waals surface area contributed by atoms with Crippen molar-refractivity contribution in [3.63, 3.8) is 0 Å². The number of rotatable bonds is 8. The van der Waals surface area contributed by atoms with Crippen molar-refractivity contribution in [2.75, 3.05) is 23.8 Å². The lowest BCUT2D eigenvalue weighted by atomic mass is 10.1. The van der Waals surface area contributed by atoms with Gasteiger partial charge < -0.3 is 15.4 Å². The largest absolute Gasteiger partial charge is 0.491 e. The van der Waals surface area contributed by atoms with Crippen LogP contribution in [0.15, 0.2) is 66.7 Å². The summed E-state index contributed by atoms with van der Waals surface area (Å²) in [6.07, 6.45) is 2.07. The minimum Gasteiger partial charge on any atom is -0.491 e. The Morgan fingerprint density at radius 1 is 0.962 bits per heavy atom. The fourth-order valence-corrected chi connectivity index (χ4v) is 2.70. The summed E-state index contributed by atoms with van der Waals surface area (Å²) in [5.74, 6) is 0.602. The molecule has 0 aliphatic rings. The van der Waals surface area contributed by atoms with Crippen LogP contribution in [0.1, 0.15) is 19.8 Å². The highest BCUT2D eigenvalue weighted by Crippen LogP contribution is 2.24. The van der Waals surface area contributed by atoms with Crippen molar-refractivity contribution < 1.29 is 9.53 Å². The van der Waals surface area contributed by atoms with Crippen molar-refractivity contribution in [2.24, 2.45) is 0 Å². The van der Waals surface area contributed by atoms with Gasteiger partial charge in [0, 0.05) is 5.69 Å². The Morgan fingerprint density at radius 2 is 1.73 bits per heavy atom. The molecule has 0 spiro atoms. The van der Waals surface area contributed by atoms with Gasteiger partial charge in [-0.05, 0) is 41.5 Å². The lowest BCUT2D eigenvalue weighted by Gasteiger charge is -2.13. The van der Waals surface area contributed by atoms with Gasteiger partial charge in [-0.2, -0.15) is 0 Å². The van der Waals surface area contributed by atoms with Gasteiger partial charge in [0.25, 0.3) is 0 Å². The van der Waals surface area contributed by atoms with E-state index in [1.165, 1.54) is 5.39 Å². The predicted octanol–water partition coefficient (Wildman–Crippen LogP) is 5.07. The van der Waals surface area contributed by atoms with Crippen molar-refractivity contribution in [1.82, 2.24) is 0 Å². The monoisotopic (exact) mass is 348 g/mol. The van der Waals surface area contributed by atoms with Gasteiger partial charge in [0.1, 0.15) is 5.75 Å². The van der Waals surface area contributed by atoms with E-state index in [-0.39, 0.29) is 12.5 Å². The fraction of sp³-hybridized carbons (Fsp3) is 0.227. The number of amides is 1. The second-order valence-corrected chi connectivity index (χ2v) is 6.16. The second-order valence-electron chi connectivity index (χ2n) is 6.16. The van der Waals surface area contributed by atoms with Gasteiger partial charge in [-0.1, -0.05) is 55.8 Å². The van der Waals surface area contributed by atoms with Crippen molar-refractivity contribution >= 4 is 28.1 Å². The van der Waals surface area contributed by atoms with Crippen LogP contribution in [-0.4, -0.2) is 19.1 Å². The van der Waals surface area contributed by atoms with E-state index in [9.17, 15) is 4.79 Å². The Morgan fingerprint density at radius 3 is 2.58 bits per heavy atom. The van der Waals surface area contributed by atoms with Crippen LogP contribution in [0.25, 0.3) is 10.8 Å². The van der Waals surface area contributed by atoms with Crippen molar-refractivity contribution in [3.05, 3.63) is 66.7 Å². The van der Waals surface area contributed by atoms with Gasteiger partial charge in [0.05, 0.1) is 18.8 Å². The fourth-order valence-electron chi connectivity index (χ4n) is 2.70. The summed E-state index contributed by atoms with van der Waals surface area (Å²) in [5, 5.41) is 8.42. The standard InChI is InChI=1S/C22H24N2O2/c1-2-3-14-26-21-11-7-6-10-20(21)24-22(25)16-23-19-13-12-17-8-4-5-9-18(17)15-19/h4-13,15,23H,2-3,14,16H2,1H3,(H,24,25). The molecule has 0 bridgehead atoms. The molecule has 0 heterocycles. The number of hydrogen-bond acceptors (Lipinski definition) is 3. The minimum atomic E-state index is -0.107. The molecule has 0 radical (unpaired) electrons. The first-order valence-electron chi connectivity index (χ1n) is 9.00. The molecule has 3 rings (SSSR count). The summed E-state index contributed by atoms with van der Waals surface area (Å²) < 4.78 is 5.75. The van der Waals surface area contributed by atoms with Crippen LogP contribution < -0.4 is 15.4 Å². The smallest absolute Gasteiger partial charge is 0.243 e. The highest BCUT2D eigenvalue weighted by Gasteiger charge is 2.07. The molecule has 0 aliphatic heterocycles. The number of fused-ring (bicyclic) bond motifs is 1. The molecule has 0 saturated heterocycles. The summed E-state index contributed by atoms with van der Waals surface area (Å²) in [6.45, 7) is 2.97. The van der Waals surface area contributed by atoms with Crippen LogP contribution in [0.5, 0.6) is 5.75 Å². The van der Waals surface area contributed by atoms with Crippen molar-refractivity contribution in [2.45, 2.75) is 19.8 Å². The number of para-hydroxylation sites is 2. The summed E-state index contributed by atoms with van der Waals surface area (Å²) in [4.78, 5) is 12.3. The molecule has 0 unspecified atom stereocenters. The summed E-state index contributed by atoms with van der Waals surface area (Å²) >= 11 is 0. The third-order valence-electron chi connectivity index (χ3n) is 4.12. The SMILES string of the molecule is CCCCOc1ccccc1NC(=O)CNc1ccc2ccccc2c1. The Balaban J connectivity index is 1.58. The maximum atomic E-state index is 12.3. The zero-order valence-electron chi connectivity index (χ0n) is 15.0. The van der Waals surface area contributed by atoms with E-state index >= 15 is 0 Å². The molecule has 0 aromatic heterocycles. The summed E-state index contributed by atoms with van der Waals surface area (Å²) in [5.41, 5.74) is 1.63. The number of unbranched alkanes of at least 4 members (excludes halogenated alkanes) is 1.